The van der Waals surface area contributed by atoms with Crippen molar-refractivity contribution in [1.82, 2.24) is 10.1 Å². The van der Waals surface area contributed by atoms with E-state index in [1.54, 1.807) is 6.07 Å². The fraction of sp³-hybridized carbons (Fsp3) is 0.520. The second kappa shape index (κ2) is 9.90. The lowest BCUT2D eigenvalue weighted by molar-refractivity contribution is 0.0776. The van der Waals surface area contributed by atoms with Gasteiger partial charge in [-0.2, -0.15) is 0 Å². The van der Waals surface area contributed by atoms with Crippen LogP contribution in [0.5, 0.6) is 0 Å². The molecular weight excluding hydrogens is 410 g/mol. The molecule has 1 amide bonds. The fourth-order valence-corrected chi connectivity index (χ4v) is 5.20. The van der Waals surface area contributed by atoms with Gasteiger partial charge in [0.25, 0.3) is 5.91 Å². The van der Waals surface area contributed by atoms with Crippen LogP contribution in [0.2, 0.25) is 5.02 Å². The average Bonchev–Trinajstić information content (AvgIpc) is 3.40. The van der Waals surface area contributed by atoms with Gasteiger partial charge in [0.1, 0.15) is 5.76 Å². The number of nitrogens with two attached hydrogens (primary N) is 1. The number of halogens is 1. The molecule has 0 spiro atoms. The van der Waals surface area contributed by atoms with Crippen molar-refractivity contribution < 1.29 is 9.32 Å². The van der Waals surface area contributed by atoms with Gasteiger partial charge in [0.15, 0.2) is 5.69 Å². The van der Waals surface area contributed by atoms with Gasteiger partial charge in [0, 0.05) is 19.2 Å². The standard InChI is InChI=1S/C25H32ClN3O2/c1-17-11-24(28-31-17)25(30)29-10-9-20(16-29)14-21(12-18-5-3-2-4-6-18)13-19-7-8-23(27)22(26)15-19/h7-8,11,13,15,18,20H,2-6,9-10,12,14,16,27H2,1H3/b21-13+. The maximum Gasteiger partial charge on any atom is 0.276 e. The normalized spacial score (nSPS) is 20.4. The van der Waals surface area contributed by atoms with E-state index < -0.39 is 0 Å². The molecule has 1 saturated heterocycles. The summed E-state index contributed by atoms with van der Waals surface area (Å²) in [4.78, 5) is 14.6. The summed E-state index contributed by atoms with van der Waals surface area (Å²) in [6.07, 6.45) is 12.2. The van der Waals surface area contributed by atoms with Crippen LogP contribution in [0.25, 0.3) is 6.08 Å². The van der Waals surface area contributed by atoms with Gasteiger partial charge in [-0.05, 0) is 55.7 Å². The van der Waals surface area contributed by atoms with E-state index in [9.17, 15) is 4.79 Å². The summed E-state index contributed by atoms with van der Waals surface area (Å²) in [7, 11) is 0. The third-order valence-electron chi connectivity index (χ3n) is 6.64. The van der Waals surface area contributed by atoms with Crippen molar-refractivity contribution in [3.63, 3.8) is 0 Å². The molecule has 1 aromatic carbocycles. The molecule has 0 bridgehead atoms. The second-order valence-corrected chi connectivity index (χ2v) is 9.63. The summed E-state index contributed by atoms with van der Waals surface area (Å²) in [5.41, 5.74) is 9.48. The van der Waals surface area contributed by atoms with Crippen LogP contribution in [0.1, 0.15) is 73.2 Å². The first-order chi connectivity index (χ1) is 15.0. The topological polar surface area (TPSA) is 72.4 Å². The predicted molar refractivity (Wildman–Crippen MR) is 125 cm³/mol. The molecule has 2 heterocycles. The number of rotatable bonds is 6. The molecule has 2 aromatic rings. The number of benzene rings is 1. The van der Waals surface area contributed by atoms with E-state index in [1.165, 1.54) is 37.7 Å². The number of hydrogen-bond donors (Lipinski definition) is 1. The van der Waals surface area contributed by atoms with Gasteiger partial charge in [0.05, 0.1) is 10.7 Å². The van der Waals surface area contributed by atoms with E-state index in [-0.39, 0.29) is 5.91 Å². The smallest absolute Gasteiger partial charge is 0.276 e. The van der Waals surface area contributed by atoms with Crippen LogP contribution in [0.3, 0.4) is 0 Å². The van der Waals surface area contributed by atoms with Crippen molar-refractivity contribution in [2.24, 2.45) is 11.8 Å². The van der Waals surface area contributed by atoms with Crippen molar-refractivity contribution in [3.05, 3.63) is 51.9 Å². The zero-order valence-corrected chi connectivity index (χ0v) is 19.0. The Morgan fingerprint density at radius 3 is 2.68 bits per heavy atom. The molecule has 4 rings (SSSR count). The van der Waals surface area contributed by atoms with Crippen LogP contribution >= 0.6 is 11.6 Å². The van der Waals surface area contributed by atoms with Crippen molar-refractivity contribution in [3.8, 4) is 0 Å². The number of anilines is 1. The van der Waals surface area contributed by atoms with E-state index in [0.29, 0.717) is 28.1 Å². The largest absolute Gasteiger partial charge is 0.398 e. The summed E-state index contributed by atoms with van der Waals surface area (Å²) in [6.45, 7) is 3.36. The highest BCUT2D eigenvalue weighted by Gasteiger charge is 2.29. The molecule has 6 heteroatoms. The minimum absolute atomic E-state index is 0.0255. The molecule has 1 saturated carbocycles. The zero-order valence-electron chi connectivity index (χ0n) is 18.3. The van der Waals surface area contributed by atoms with E-state index in [0.717, 1.165) is 43.8 Å². The molecule has 0 radical (unpaired) electrons. The average molecular weight is 442 g/mol. The van der Waals surface area contributed by atoms with E-state index in [1.807, 2.05) is 30.0 Å². The quantitative estimate of drug-likeness (QED) is 0.547. The highest BCUT2D eigenvalue weighted by atomic mass is 35.5. The number of likely N-dealkylation sites (tertiary alicyclic amines) is 1. The Labute approximate surface area is 189 Å². The monoisotopic (exact) mass is 441 g/mol. The Bertz CT molecular complexity index is 946. The molecular formula is C25H32ClN3O2. The molecule has 2 N–H and O–H groups in total. The van der Waals surface area contributed by atoms with E-state index in [4.69, 9.17) is 21.9 Å². The molecule has 1 aliphatic carbocycles. The number of hydrogen-bond acceptors (Lipinski definition) is 4. The Kier molecular flexibility index (Phi) is 7.01. The van der Waals surface area contributed by atoms with E-state index >= 15 is 0 Å². The number of allylic oxidation sites excluding steroid dienone is 1. The predicted octanol–water partition coefficient (Wildman–Crippen LogP) is 6.12. The first-order valence-corrected chi connectivity index (χ1v) is 11.8. The Morgan fingerprint density at radius 2 is 1.97 bits per heavy atom. The lowest BCUT2D eigenvalue weighted by Crippen LogP contribution is -2.29. The maximum absolute atomic E-state index is 12.7. The molecule has 2 fully saturated rings. The third-order valence-corrected chi connectivity index (χ3v) is 6.97. The van der Waals surface area contributed by atoms with Gasteiger partial charge >= 0.3 is 0 Å². The fourth-order valence-electron chi connectivity index (χ4n) is 5.02. The highest BCUT2D eigenvalue weighted by molar-refractivity contribution is 6.33. The summed E-state index contributed by atoms with van der Waals surface area (Å²) < 4.78 is 5.08. The molecule has 1 aromatic heterocycles. The number of amides is 1. The van der Waals surface area contributed by atoms with Crippen LogP contribution in [0.15, 0.2) is 34.4 Å². The SMILES string of the molecule is Cc1cc(C(=O)N2CCC(C/C(=C/c3ccc(N)c(Cl)c3)CC3CCCCC3)C2)no1. The number of nitrogens with zero attached hydrogens (tertiary/aromatic N) is 2. The third kappa shape index (κ3) is 5.70. The molecule has 2 aliphatic rings. The van der Waals surface area contributed by atoms with Gasteiger partial charge in [-0.1, -0.05) is 66.6 Å². The first kappa shape index (κ1) is 21.9. The van der Waals surface area contributed by atoms with Crippen LogP contribution in [-0.2, 0) is 0 Å². The van der Waals surface area contributed by atoms with Crippen molar-refractivity contribution >= 4 is 29.3 Å². The van der Waals surface area contributed by atoms with Crippen molar-refractivity contribution in [1.29, 1.82) is 0 Å². The molecule has 1 atom stereocenters. The first-order valence-electron chi connectivity index (χ1n) is 11.4. The Balaban J connectivity index is 1.45. The number of carbonyl (C=O) groups is 1. The lowest BCUT2D eigenvalue weighted by atomic mass is 9.82. The molecule has 1 unspecified atom stereocenters. The molecule has 166 valence electrons. The lowest BCUT2D eigenvalue weighted by Gasteiger charge is -2.24. The number of aromatic nitrogens is 1. The molecule has 31 heavy (non-hydrogen) atoms. The van der Waals surface area contributed by atoms with E-state index in [2.05, 4.69) is 11.2 Å². The van der Waals surface area contributed by atoms with Crippen LogP contribution < -0.4 is 5.73 Å². The van der Waals surface area contributed by atoms with Crippen molar-refractivity contribution in [2.75, 3.05) is 18.8 Å². The van der Waals surface area contributed by atoms with Gasteiger partial charge in [-0.25, -0.2) is 0 Å². The van der Waals surface area contributed by atoms with Gasteiger partial charge in [0.2, 0.25) is 0 Å². The summed E-state index contributed by atoms with van der Waals surface area (Å²) in [5, 5.41) is 4.50. The van der Waals surface area contributed by atoms with Gasteiger partial charge in [-0.3, -0.25) is 4.79 Å². The van der Waals surface area contributed by atoms with Crippen molar-refractivity contribution in [2.45, 2.75) is 58.3 Å². The second-order valence-electron chi connectivity index (χ2n) is 9.22. The van der Waals surface area contributed by atoms with Crippen LogP contribution in [0.4, 0.5) is 5.69 Å². The van der Waals surface area contributed by atoms with Crippen LogP contribution in [-0.4, -0.2) is 29.1 Å². The minimum Gasteiger partial charge on any atom is -0.398 e. The number of nitrogen functional groups attached to an aromatic ring is 1. The number of carbonyl (C=O) groups excluding carboxylic acids is 1. The molecule has 5 nitrogen and oxygen atoms in total. The summed E-state index contributed by atoms with van der Waals surface area (Å²) >= 11 is 6.26. The van der Waals surface area contributed by atoms with Gasteiger partial charge in [-0.15, -0.1) is 0 Å². The number of aryl methyl sites for hydroxylation is 1. The Morgan fingerprint density at radius 1 is 1.19 bits per heavy atom. The molecule has 1 aliphatic heterocycles. The summed E-state index contributed by atoms with van der Waals surface area (Å²) in [5.74, 6) is 1.87. The van der Waals surface area contributed by atoms with Gasteiger partial charge < -0.3 is 15.2 Å². The Hall–Kier alpha value is -2.27. The minimum atomic E-state index is -0.0255. The highest BCUT2D eigenvalue weighted by Crippen LogP contribution is 2.34. The van der Waals surface area contributed by atoms with Crippen LogP contribution in [0, 0.1) is 18.8 Å². The zero-order chi connectivity index (χ0) is 21.8. The maximum atomic E-state index is 12.7. The summed E-state index contributed by atoms with van der Waals surface area (Å²) in [6, 6.07) is 7.59.